The van der Waals surface area contributed by atoms with Gasteiger partial charge in [-0.3, -0.25) is 0 Å². The molecule has 1 atom stereocenters. The second-order valence-electron chi connectivity index (χ2n) is 5.68. The normalized spacial score (nSPS) is 12.8. The van der Waals surface area contributed by atoms with E-state index >= 15 is 0 Å². The van der Waals surface area contributed by atoms with E-state index in [2.05, 4.69) is 49.7 Å². The van der Waals surface area contributed by atoms with Crippen LogP contribution in [0, 0.1) is 0 Å². The maximum absolute atomic E-state index is 11.9. The molecule has 5 heteroatoms. The highest BCUT2D eigenvalue weighted by Gasteiger charge is 2.16. The number of thioether (sulfide) groups is 1. The molecule has 118 valence electrons. The average molecular weight is 309 g/mol. The van der Waals surface area contributed by atoms with Crippen molar-refractivity contribution in [1.82, 2.24) is 10.6 Å². The SMILES string of the molecule is CCNC(C)c1cccc(NC(=O)NCC(C)(C)SC)c1. The summed E-state index contributed by atoms with van der Waals surface area (Å²) in [5.74, 6) is 0. The Balaban J connectivity index is 2.58. The third kappa shape index (κ3) is 6.40. The fourth-order valence-corrected chi connectivity index (χ4v) is 2.07. The minimum absolute atomic E-state index is 0.0404. The Morgan fingerprint density at radius 2 is 2.10 bits per heavy atom. The third-order valence-corrected chi connectivity index (χ3v) is 4.63. The summed E-state index contributed by atoms with van der Waals surface area (Å²) in [5.41, 5.74) is 1.98. The molecule has 0 fully saturated rings. The van der Waals surface area contributed by atoms with Crippen molar-refractivity contribution in [3.63, 3.8) is 0 Å². The van der Waals surface area contributed by atoms with E-state index in [1.165, 1.54) is 5.56 Å². The van der Waals surface area contributed by atoms with Crippen LogP contribution >= 0.6 is 11.8 Å². The van der Waals surface area contributed by atoms with E-state index in [1.54, 1.807) is 11.8 Å². The van der Waals surface area contributed by atoms with E-state index in [1.807, 2.05) is 24.5 Å². The Bertz CT molecular complexity index is 463. The number of urea groups is 1. The number of carbonyl (C=O) groups is 1. The van der Waals surface area contributed by atoms with Gasteiger partial charge in [0.2, 0.25) is 0 Å². The molecule has 0 aromatic heterocycles. The first-order valence-corrected chi connectivity index (χ1v) is 8.54. The molecule has 0 saturated heterocycles. The van der Waals surface area contributed by atoms with Gasteiger partial charge >= 0.3 is 6.03 Å². The Morgan fingerprint density at radius 1 is 1.38 bits per heavy atom. The van der Waals surface area contributed by atoms with Crippen LogP contribution in [-0.2, 0) is 0 Å². The van der Waals surface area contributed by atoms with Crippen molar-refractivity contribution < 1.29 is 4.79 Å². The van der Waals surface area contributed by atoms with E-state index < -0.39 is 0 Å². The molecule has 1 aromatic carbocycles. The lowest BCUT2D eigenvalue weighted by Gasteiger charge is -2.22. The van der Waals surface area contributed by atoms with Gasteiger partial charge in [0.15, 0.2) is 0 Å². The van der Waals surface area contributed by atoms with Crippen LogP contribution in [0.25, 0.3) is 0 Å². The first-order valence-electron chi connectivity index (χ1n) is 7.31. The number of hydrogen-bond donors (Lipinski definition) is 3. The molecule has 1 aromatic rings. The van der Waals surface area contributed by atoms with Crippen LogP contribution in [0.15, 0.2) is 24.3 Å². The summed E-state index contributed by atoms with van der Waals surface area (Å²) in [7, 11) is 0. The number of amides is 2. The number of anilines is 1. The Morgan fingerprint density at radius 3 is 2.71 bits per heavy atom. The minimum atomic E-state index is -0.162. The highest BCUT2D eigenvalue weighted by molar-refractivity contribution is 7.99. The molecule has 0 heterocycles. The zero-order valence-corrected chi connectivity index (χ0v) is 14.4. The summed E-state index contributed by atoms with van der Waals surface area (Å²) in [6.45, 7) is 9.97. The summed E-state index contributed by atoms with van der Waals surface area (Å²) >= 11 is 1.74. The lowest BCUT2D eigenvalue weighted by Crippen LogP contribution is -2.38. The van der Waals surface area contributed by atoms with Gasteiger partial charge in [0.1, 0.15) is 0 Å². The molecule has 0 aliphatic carbocycles. The van der Waals surface area contributed by atoms with Gasteiger partial charge in [-0.1, -0.05) is 19.1 Å². The van der Waals surface area contributed by atoms with Gasteiger partial charge in [-0.25, -0.2) is 4.79 Å². The Labute approximate surface area is 132 Å². The zero-order valence-electron chi connectivity index (χ0n) is 13.6. The highest BCUT2D eigenvalue weighted by atomic mass is 32.2. The van der Waals surface area contributed by atoms with Crippen LogP contribution in [0.5, 0.6) is 0 Å². The topological polar surface area (TPSA) is 53.2 Å². The van der Waals surface area contributed by atoms with Crippen LogP contribution in [-0.4, -0.2) is 30.1 Å². The minimum Gasteiger partial charge on any atom is -0.336 e. The van der Waals surface area contributed by atoms with Crippen LogP contribution in [0.1, 0.15) is 39.3 Å². The van der Waals surface area contributed by atoms with E-state index in [4.69, 9.17) is 0 Å². The molecule has 0 radical (unpaired) electrons. The van der Waals surface area contributed by atoms with E-state index in [0.717, 1.165) is 12.2 Å². The summed E-state index contributed by atoms with van der Waals surface area (Å²) in [5, 5.41) is 9.16. The molecule has 0 spiro atoms. The molecule has 4 nitrogen and oxygen atoms in total. The smallest absolute Gasteiger partial charge is 0.319 e. The lowest BCUT2D eigenvalue weighted by molar-refractivity contribution is 0.251. The van der Waals surface area contributed by atoms with Crippen LogP contribution in [0.4, 0.5) is 10.5 Å². The molecule has 2 amide bonds. The second-order valence-corrected chi connectivity index (χ2v) is 7.19. The van der Waals surface area contributed by atoms with Gasteiger partial charge in [0.25, 0.3) is 0 Å². The lowest BCUT2D eigenvalue weighted by atomic mass is 10.1. The van der Waals surface area contributed by atoms with Crippen molar-refractivity contribution in [2.75, 3.05) is 24.7 Å². The molecule has 0 aliphatic rings. The standard InChI is InChI=1S/C16H27N3OS/c1-6-17-12(2)13-8-7-9-14(10-13)19-15(20)18-11-16(3,4)21-5/h7-10,12,17H,6,11H2,1-5H3,(H2,18,19,20). The molecule has 3 N–H and O–H groups in total. The Hall–Kier alpha value is -1.20. The van der Waals surface area contributed by atoms with Crippen LogP contribution in [0.3, 0.4) is 0 Å². The number of nitrogens with one attached hydrogen (secondary N) is 3. The van der Waals surface area contributed by atoms with Gasteiger partial charge in [-0.15, -0.1) is 0 Å². The van der Waals surface area contributed by atoms with Crippen molar-refractivity contribution >= 4 is 23.5 Å². The Kier molecular flexibility index (Phi) is 7.05. The predicted molar refractivity (Wildman–Crippen MR) is 93.1 cm³/mol. The molecular formula is C16H27N3OS. The van der Waals surface area contributed by atoms with Crippen molar-refractivity contribution in [2.24, 2.45) is 0 Å². The quantitative estimate of drug-likeness (QED) is 0.721. The molecule has 1 rings (SSSR count). The summed E-state index contributed by atoms with van der Waals surface area (Å²) in [6, 6.07) is 8.05. The zero-order chi connectivity index (χ0) is 15.9. The van der Waals surface area contributed by atoms with Crippen molar-refractivity contribution in [3.8, 4) is 0 Å². The summed E-state index contributed by atoms with van der Waals surface area (Å²) in [4.78, 5) is 11.9. The average Bonchev–Trinajstić information content (AvgIpc) is 2.46. The fourth-order valence-electron chi connectivity index (χ4n) is 1.85. The first-order chi connectivity index (χ1) is 9.88. The largest absolute Gasteiger partial charge is 0.336 e. The summed E-state index contributed by atoms with van der Waals surface area (Å²) < 4.78 is 0.0404. The van der Waals surface area contributed by atoms with Crippen molar-refractivity contribution in [3.05, 3.63) is 29.8 Å². The molecule has 0 saturated carbocycles. The molecule has 0 bridgehead atoms. The van der Waals surface area contributed by atoms with Gasteiger partial charge in [0.05, 0.1) is 0 Å². The molecule has 21 heavy (non-hydrogen) atoms. The predicted octanol–water partition coefficient (Wildman–Crippen LogP) is 3.62. The molecule has 0 aliphatic heterocycles. The molecule has 1 unspecified atom stereocenters. The van der Waals surface area contributed by atoms with Crippen molar-refractivity contribution in [2.45, 2.75) is 38.5 Å². The number of carbonyl (C=O) groups excluding carboxylic acids is 1. The molecular weight excluding hydrogens is 282 g/mol. The second kappa shape index (κ2) is 8.29. The fraction of sp³-hybridized carbons (Fsp3) is 0.562. The highest BCUT2D eigenvalue weighted by Crippen LogP contribution is 2.20. The monoisotopic (exact) mass is 309 g/mol. The van der Waals surface area contributed by atoms with E-state index in [-0.39, 0.29) is 16.8 Å². The van der Waals surface area contributed by atoms with Crippen LogP contribution in [0.2, 0.25) is 0 Å². The number of rotatable bonds is 7. The maximum Gasteiger partial charge on any atom is 0.319 e. The maximum atomic E-state index is 11.9. The van der Waals surface area contributed by atoms with E-state index in [9.17, 15) is 4.79 Å². The summed E-state index contributed by atoms with van der Waals surface area (Å²) in [6.07, 6.45) is 2.05. The van der Waals surface area contributed by atoms with E-state index in [0.29, 0.717) is 6.54 Å². The number of benzene rings is 1. The van der Waals surface area contributed by atoms with Gasteiger partial charge in [-0.05, 0) is 51.3 Å². The number of hydrogen-bond acceptors (Lipinski definition) is 3. The van der Waals surface area contributed by atoms with Crippen LogP contribution < -0.4 is 16.0 Å². The van der Waals surface area contributed by atoms with Gasteiger partial charge in [-0.2, -0.15) is 11.8 Å². The van der Waals surface area contributed by atoms with Crippen molar-refractivity contribution in [1.29, 1.82) is 0 Å². The van der Waals surface area contributed by atoms with Gasteiger partial charge < -0.3 is 16.0 Å². The first kappa shape index (κ1) is 17.9. The third-order valence-electron chi connectivity index (χ3n) is 3.38. The van der Waals surface area contributed by atoms with Gasteiger partial charge in [0, 0.05) is 23.0 Å².